The van der Waals surface area contributed by atoms with Crippen molar-refractivity contribution in [2.75, 3.05) is 11.9 Å². The summed E-state index contributed by atoms with van der Waals surface area (Å²) in [6.45, 7) is 5.53. The molecule has 1 aliphatic carbocycles. The molecule has 2 rings (SSSR count). The zero-order valence-electron chi connectivity index (χ0n) is 11.8. The minimum absolute atomic E-state index is 0.216. The smallest absolute Gasteiger partial charge is 0.226 e. The highest BCUT2D eigenvalue weighted by Crippen LogP contribution is 2.44. The SMILES string of the molecule is CC1(C)CCCC1C(=O)N1CCCCC1CCBr. The Morgan fingerprint density at radius 2 is 2.06 bits per heavy atom. The monoisotopic (exact) mass is 315 g/mol. The van der Waals surface area contributed by atoms with E-state index in [0.717, 1.165) is 24.7 Å². The second kappa shape index (κ2) is 5.94. The summed E-state index contributed by atoms with van der Waals surface area (Å²) in [4.78, 5) is 15.0. The molecule has 2 aliphatic rings. The summed E-state index contributed by atoms with van der Waals surface area (Å²) in [5, 5.41) is 1.01. The normalized spacial score (nSPS) is 31.6. The van der Waals surface area contributed by atoms with Crippen LogP contribution in [0, 0.1) is 11.3 Å². The predicted octanol–water partition coefficient (Wildman–Crippen LogP) is 3.98. The van der Waals surface area contributed by atoms with Crippen LogP contribution < -0.4 is 0 Å². The largest absolute Gasteiger partial charge is 0.339 e. The van der Waals surface area contributed by atoms with Crippen LogP contribution in [0.25, 0.3) is 0 Å². The maximum Gasteiger partial charge on any atom is 0.226 e. The molecule has 2 unspecified atom stereocenters. The number of nitrogens with zero attached hydrogens (tertiary/aromatic N) is 1. The van der Waals surface area contributed by atoms with Crippen LogP contribution in [0.2, 0.25) is 0 Å². The Hall–Kier alpha value is -0.0500. The number of halogens is 1. The van der Waals surface area contributed by atoms with E-state index in [4.69, 9.17) is 0 Å². The van der Waals surface area contributed by atoms with Crippen molar-refractivity contribution in [1.82, 2.24) is 4.90 Å². The fourth-order valence-corrected chi connectivity index (χ4v) is 4.23. The van der Waals surface area contributed by atoms with Crippen molar-refractivity contribution in [2.24, 2.45) is 11.3 Å². The first-order chi connectivity index (χ1) is 8.56. The van der Waals surface area contributed by atoms with E-state index in [1.165, 1.54) is 32.1 Å². The summed E-state index contributed by atoms with van der Waals surface area (Å²) < 4.78 is 0. The quantitative estimate of drug-likeness (QED) is 0.721. The minimum Gasteiger partial charge on any atom is -0.339 e. The molecule has 0 N–H and O–H groups in total. The highest BCUT2D eigenvalue weighted by molar-refractivity contribution is 9.09. The van der Waals surface area contributed by atoms with Crippen molar-refractivity contribution >= 4 is 21.8 Å². The van der Waals surface area contributed by atoms with Gasteiger partial charge in [0, 0.05) is 23.8 Å². The summed E-state index contributed by atoms with van der Waals surface area (Å²) in [5.41, 5.74) is 0.216. The van der Waals surface area contributed by atoms with Crippen LogP contribution in [0.5, 0.6) is 0 Å². The molecule has 2 fully saturated rings. The van der Waals surface area contributed by atoms with Gasteiger partial charge in [-0.15, -0.1) is 0 Å². The van der Waals surface area contributed by atoms with Crippen LogP contribution >= 0.6 is 15.9 Å². The van der Waals surface area contributed by atoms with Crippen molar-refractivity contribution in [2.45, 2.75) is 64.8 Å². The van der Waals surface area contributed by atoms with Crippen LogP contribution in [-0.4, -0.2) is 28.7 Å². The van der Waals surface area contributed by atoms with Gasteiger partial charge in [-0.3, -0.25) is 4.79 Å². The Morgan fingerprint density at radius 1 is 1.28 bits per heavy atom. The Kier molecular flexibility index (Phi) is 4.74. The molecule has 0 radical (unpaired) electrons. The molecule has 0 aromatic carbocycles. The van der Waals surface area contributed by atoms with Gasteiger partial charge in [0.05, 0.1) is 0 Å². The molecule has 0 bridgehead atoms. The molecule has 1 aliphatic heterocycles. The molecule has 2 nitrogen and oxygen atoms in total. The Labute approximate surface area is 120 Å². The average molecular weight is 316 g/mol. The summed E-state index contributed by atoms with van der Waals surface area (Å²) in [6.07, 6.45) is 8.32. The molecule has 0 aromatic heterocycles. The molecular formula is C15H26BrNO. The van der Waals surface area contributed by atoms with E-state index in [9.17, 15) is 4.79 Å². The molecule has 1 saturated carbocycles. The van der Waals surface area contributed by atoms with E-state index >= 15 is 0 Å². The van der Waals surface area contributed by atoms with E-state index in [1.54, 1.807) is 0 Å². The summed E-state index contributed by atoms with van der Waals surface area (Å²) in [6, 6.07) is 0.488. The third-order valence-electron chi connectivity index (χ3n) is 4.91. The number of hydrogen-bond donors (Lipinski definition) is 0. The van der Waals surface area contributed by atoms with E-state index < -0.39 is 0 Å². The van der Waals surface area contributed by atoms with E-state index in [0.29, 0.717) is 11.9 Å². The number of amides is 1. The highest BCUT2D eigenvalue weighted by atomic mass is 79.9. The van der Waals surface area contributed by atoms with Gasteiger partial charge >= 0.3 is 0 Å². The zero-order valence-corrected chi connectivity index (χ0v) is 13.3. The van der Waals surface area contributed by atoms with Crippen molar-refractivity contribution in [3.05, 3.63) is 0 Å². The second-order valence-electron chi connectivity index (χ2n) is 6.59. The van der Waals surface area contributed by atoms with Gasteiger partial charge in [-0.05, 0) is 43.9 Å². The first-order valence-electron chi connectivity index (χ1n) is 7.43. The summed E-state index contributed by atoms with van der Waals surface area (Å²) in [7, 11) is 0. The van der Waals surface area contributed by atoms with Gasteiger partial charge in [0.15, 0.2) is 0 Å². The number of likely N-dealkylation sites (tertiary alicyclic amines) is 1. The molecule has 1 heterocycles. The lowest BCUT2D eigenvalue weighted by Crippen LogP contribution is -2.48. The van der Waals surface area contributed by atoms with Crippen LogP contribution in [0.1, 0.15) is 58.8 Å². The lowest BCUT2D eigenvalue weighted by molar-refractivity contribution is -0.142. The maximum absolute atomic E-state index is 12.8. The van der Waals surface area contributed by atoms with Crippen molar-refractivity contribution < 1.29 is 4.79 Å². The molecule has 1 saturated heterocycles. The number of hydrogen-bond acceptors (Lipinski definition) is 1. The summed E-state index contributed by atoms with van der Waals surface area (Å²) in [5.74, 6) is 0.719. The molecule has 1 amide bonds. The van der Waals surface area contributed by atoms with Crippen LogP contribution in [0.15, 0.2) is 0 Å². The van der Waals surface area contributed by atoms with Crippen LogP contribution in [0.4, 0.5) is 0 Å². The lowest BCUT2D eigenvalue weighted by Gasteiger charge is -2.39. The molecule has 0 aromatic rings. The van der Waals surface area contributed by atoms with Crippen LogP contribution in [0.3, 0.4) is 0 Å². The predicted molar refractivity (Wildman–Crippen MR) is 78.9 cm³/mol. The first kappa shape index (κ1) is 14.4. The van der Waals surface area contributed by atoms with Crippen molar-refractivity contribution in [1.29, 1.82) is 0 Å². The third kappa shape index (κ3) is 2.92. The Morgan fingerprint density at radius 3 is 2.67 bits per heavy atom. The van der Waals surface area contributed by atoms with Crippen molar-refractivity contribution in [3.63, 3.8) is 0 Å². The summed E-state index contributed by atoms with van der Waals surface area (Å²) >= 11 is 3.53. The number of carbonyl (C=O) groups is 1. The molecule has 104 valence electrons. The van der Waals surface area contributed by atoms with Gasteiger partial charge in [-0.1, -0.05) is 36.2 Å². The number of carbonyl (C=O) groups excluding carboxylic acids is 1. The van der Waals surface area contributed by atoms with Crippen LogP contribution in [-0.2, 0) is 4.79 Å². The molecule has 3 heteroatoms. The topological polar surface area (TPSA) is 20.3 Å². The van der Waals surface area contributed by atoms with Gasteiger partial charge in [-0.2, -0.15) is 0 Å². The van der Waals surface area contributed by atoms with Crippen molar-refractivity contribution in [3.8, 4) is 0 Å². The van der Waals surface area contributed by atoms with Gasteiger partial charge in [0.2, 0.25) is 5.91 Å². The van der Waals surface area contributed by atoms with Gasteiger partial charge < -0.3 is 4.90 Å². The molecule has 0 spiro atoms. The van der Waals surface area contributed by atoms with Gasteiger partial charge in [-0.25, -0.2) is 0 Å². The minimum atomic E-state index is 0.216. The lowest BCUT2D eigenvalue weighted by atomic mass is 9.80. The molecular weight excluding hydrogens is 290 g/mol. The first-order valence-corrected chi connectivity index (χ1v) is 8.55. The average Bonchev–Trinajstić information content (AvgIpc) is 2.69. The number of alkyl halides is 1. The maximum atomic E-state index is 12.8. The molecule has 18 heavy (non-hydrogen) atoms. The van der Waals surface area contributed by atoms with E-state index in [-0.39, 0.29) is 11.3 Å². The third-order valence-corrected chi connectivity index (χ3v) is 5.37. The molecule has 2 atom stereocenters. The highest BCUT2D eigenvalue weighted by Gasteiger charge is 2.42. The van der Waals surface area contributed by atoms with Gasteiger partial charge in [0.25, 0.3) is 0 Å². The fraction of sp³-hybridized carbons (Fsp3) is 0.933. The standard InChI is InChI=1S/C15H26BrNO/c1-15(2)9-5-7-13(15)14(18)17-11-4-3-6-12(17)8-10-16/h12-13H,3-11H2,1-2H3. The number of rotatable bonds is 3. The Bertz CT molecular complexity index is 301. The second-order valence-corrected chi connectivity index (χ2v) is 7.39. The zero-order chi connectivity index (χ0) is 13.2. The van der Waals surface area contributed by atoms with Gasteiger partial charge in [0.1, 0.15) is 0 Å². The fourth-order valence-electron chi connectivity index (χ4n) is 3.70. The Balaban J connectivity index is 2.06. The number of piperidine rings is 1. The van der Waals surface area contributed by atoms with E-state index in [2.05, 4.69) is 34.7 Å². The van der Waals surface area contributed by atoms with E-state index in [1.807, 2.05) is 0 Å².